The molecule has 0 aromatic heterocycles. The van der Waals surface area contributed by atoms with E-state index in [1.165, 1.54) is 32.4 Å². The minimum absolute atomic E-state index is 0.196. The van der Waals surface area contributed by atoms with E-state index < -0.39 is 0 Å². The third-order valence-corrected chi connectivity index (χ3v) is 4.58. The molecular weight excluding hydrogens is 254 g/mol. The molecule has 2 saturated heterocycles. The van der Waals surface area contributed by atoms with E-state index in [0.717, 1.165) is 23.7 Å². The van der Waals surface area contributed by atoms with Gasteiger partial charge in [0.2, 0.25) is 0 Å². The number of piperidine rings is 1. The van der Waals surface area contributed by atoms with E-state index in [4.69, 9.17) is 0 Å². The van der Waals surface area contributed by atoms with Crippen LogP contribution in [0.2, 0.25) is 0 Å². The van der Waals surface area contributed by atoms with Crippen LogP contribution in [0.4, 0.5) is 11.4 Å². The van der Waals surface area contributed by atoms with Crippen molar-refractivity contribution in [2.45, 2.75) is 44.7 Å². The van der Waals surface area contributed by atoms with E-state index in [0.29, 0.717) is 6.04 Å². The van der Waals surface area contributed by atoms with Gasteiger partial charge in [-0.2, -0.15) is 0 Å². The zero-order chi connectivity index (χ0) is 14.1. The second-order valence-electron chi connectivity index (χ2n) is 5.96. The lowest BCUT2D eigenvalue weighted by Crippen LogP contribution is -2.42. The maximum absolute atomic E-state index is 10.8. The molecule has 0 bridgehead atoms. The van der Waals surface area contributed by atoms with Gasteiger partial charge in [0.15, 0.2) is 0 Å². The number of anilines is 1. The summed E-state index contributed by atoms with van der Waals surface area (Å²) in [5.74, 6) is 0. The number of aryl methyl sites for hydroxylation is 1. The molecule has 5 heteroatoms. The topological polar surface area (TPSA) is 58.4 Å². The van der Waals surface area contributed by atoms with Crippen molar-refractivity contribution in [2.24, 2.45) is 0 Å². The molecule has 1 N–H and O–H groups in total. The Labute approximate surface area is 119 Å². The van der Waals surface area contributed by atoms with Gasteiger partial charge < -0.3 is 10.2 Å². The molecule has 1 aromatic rings. The summed E-state index contributed by atoms with van der Waals surface area (Å²) in [4.78, 5) is 13.1. The van der Waals surface area contributed by atoms with Gasteiger partial charge in [-0.1, -0.05) is 0 Å². The lowest BCUT2D eigenvalue weighted by molar-refractivity contribution is -0.385. The molecule has 0 amide bonds. The predicted molar refractivity (Wildman–Crippen MR) is 79.1 cm³/mol. The Morgan fingerprint density at radius 2 is 2.20 bits per heavy atom. The third kappa shape index (κ3) is 2.63. The molecule has 20 heavy (non-hydrogen) atoms. The molecule has 1 aromatic carbocycles. The van der Waals surface area contributed by atoms with Crippen LogP contribution in [0.1, 0.15) is 31.2 Å². The molecule has 0 radical (unpaired) electrons. The molecular formula is C15H21N3O2. The third-order valence-electron chi connectivity index (χ3n) is 4.58. The second-order valence-corrected chi connectivity index (χ2v) is 5.96. The van der Waals surface area contributed by atoms with Gasteiger partial charge >= 0.3 is 0 Å². The van der Waals surface area contributed by atoms with E-state index in [9.17, 15) is 10.1 Å². The molecule has 3 rings (SSSR count). The van der Waals surface area contributed by atoms with Crippen LogP contribution in [0.3, 0.4) is 0 Å². The Balaban J connectivity index is 1.66. The van der Waals surface area contributed by atoms with Crippen molar-refractivity contribution in [2.75, 3.05) is 18.4 Å². The van der Waals surface area contributed by atoms with Crippen molar-refractivity contribution in [1.29, 1.82) is 0 Å². The molecule has 5 nitrogen and oxygen atoms in total. The van der Waals surface area contributed by atoms with Gasteiger partial charge in [-0.25, -0.2) is 0 Å². The summed E-state index contributed by atoms with van der Waals surface area (Å²) >= 11 is 0. The Morgan fingerprint density at radius 3 is 2.95 bits per heavy atom. The smallest absolute Gasteiger partial charge is 0.272 e. The lowest BCUT2D eigenvalue weighted by Gasteiger charge is -2.35. The van der Waals surface area contributed by atoms with Gasteiger partial charge in [0.25, 0.3) is 5.69 Å². The van der Waals surface area contributed by atoms with Crippen molar-refractivity contribution < 1.29 is 4.92 Å². The Bertz CT molecular complexity index is 518. The van der Waals surface area contributed by atoms with Crippen LogP contribution in [-0.2, 0) is 0 Å². The standard InChI is InChI=1S/C15H21N3O2/c1-11-9-12(4-5-15(11)18(19)20)16-13-6-8-17-7-2-3-14(17)10-13/h4-5,9,13-14,16H,2-3,6-8,10H2,1H3. The van der Waals surface area contributed by atoms with Gasteiger partial charge in [0, 0.05) is 35.9 Å². The maximum atomic E-state index is 10.8. The average Bonchev–Trinajstić information content (AvgIpc) is 2.85. The number of nitrogens with one attached hydrogen (secondary N) is 1. The van der Waals surface area contributed by atoms with E-state index in [-0.39, 0.29) is 10.6 Å². The number of fused-ring (bicyclic) bond motifs is 1. The molecule has 0 spiro atoms. The first kappa shape index (κ1) is 13.4. The second kappa shape index (κ2) is 5.40. The number of nitrogens with zero attached hydrogens (tertiary/aromatic N) is 2. The number of nitro groups is 1. The van der Waals surface area contributed by atoms with Crippen molar-refractivity contribution >= 4 is 11.4 Å². The molecule has 2 fully saturated rings. The van der Waals surface area contributed by atoms with Crippen molar-refractivity contribution in [3.8, 4) is 0 Å². The predicted octanol–water partition coefficient (Wildman–Crippen LogP) is 2.94. The lowest BCUT2D eigenvalue weighted by atomic mass is 9.97. The molecule has 2 unspecified atom stereocenters. The molecule has 0 saturated carbocycles. The van der Waals surface area contributed by atoms with Crippen LogP contribution in [0.25, 0.3) is 0 Å². The van der Waals surface area contributed by atoms with Crippen LogP contribution in [-0.4, -0.2) is 35.0 Å². The number of benzene rings is 1. The van der Waals surface area contributed by atoms with Gasteiger partial charge in [0.1, 0.15) is 0 Å². The Morgan fingerprint density at radius 1 is 1.35 bits per heavy atom. The van der Waals surface area contributed by atoms with E-state index in [2.05, 4.69) is 10.2 Å². The summed E-state index contributed by atoms with van der Waals surface area (Å²) in [6.45, 7) is 4.23. The fourth-order valence-electron chi connectivity index (χ4n) is 3.54. The summed E-state index contributed by atoms with van der Waals surface area (Å²) in [7, 11) is 0. The normalized spacial score (nSPS) is 26.2. The molecule has 2 aliphatic rings. The highest BCUT2D eigenvalue weighted by Gasteiger charge is 2.31. The molecule has 0 aliphatic carbocycles. The largest absolute Gasteiger partial charge is 0.382 e. The summed E-state index contributed by atoms with van der Waals surface area (Å²) < 4.78 is 0. The van der Waals surface area contributed by atoms with E-state index in [1.54, 1.807) is 13.0 Å². The van der Waals surface area contributed by atoms with Crippen LogP contribution in [0, 0.1) is 17.0 Å². The van der Waals surface area contributed by atoms with Gasteiger partial charge in [-0.15, -0.1) is 0 Å². The first-order valence-electron chi connectivity index (χ1n) is 7.39. The highest BCUT2D eigenvalue weighted by atomic mass is 16.6. The monoisotopic (exact) mass is 275 g/mol. The summed E-state index contributed by atoms with van der Waals surface area (Å²) in [6, 6.07) is 6.55. The van der Waals surface area contributed by atoms with Crippen molar-refractivity contribution in [3.05, 3.63) is 33.9 Å². The minimum Gasteiger partial charge on any atom is -0.382 e. The average molecular weight is 275 g/mol. The number of hydrogen-bond acceptors (Lipinski definition) is 4. The van der Waals surface area contributed by atoms with Crippen molar-refractivity contribution in [1.82, 2.24) is 4.90 Å². The minimum atomic E-state index is -0.323. The SMILES string of the molecule is Cc1cc(NC2CCN3CCCC3C2)ccc1[N+](=O)[O-]. The van der Waals surface area contributed by atoms with Crippen LogP contribution in [0.5, 0.6) is 0 Å². The zero-order valence-corrected chi connectivity index (χ0v) is 11.8. The number of hydrogen-bond donors (Lipinski definition) is 1. The van der Waals surface area contributed by atoms with Crippen LogP contribution < -0.4 is 5.32 Å². The first-order chi connectivity index (χ1) is 9.63. The Hall–Kier alpha value is -1.62. The van der Waals surface area contributed by atoms with Crippen LogP contribution >= 0.6 is 0 Å². The number of nitro benzene ring substituents is 1. The first-order valence-corrected chi connectivity index (χ1v) is 7.39. The maximum Gasteiger partial charge on any atom is 0.272 e. The van der Waals surface area contributed by atoms with Gasteiger partial charge in [0.05, 0.1) is 4.92 Å². The molecule has 2 atom stereocenters. The Kier molecular flexibility index (Phi) is 3.61. The fourth-order valence-corrected chi connectivity index (χ4v) is 3.54. The van der Waals surface area contributed by atoms with E-state index >= 15 is 0 Å². The van der Waals surface area contributed by atoms with E-state index in [1.807, 2.05) is 12.1 Å². The highest BCUT2D eigenvalue weighted by molar-refractivity contribution is 5.54. The summed E-state index contributed by atoms with van der Waals surface area (Å²) in [5, 5.41) is 14.4. The van der Waals surface area contributed by atoms with Crippen molar-refractivity contribution in [3.63, 3.8) is 0 Å². The zero-order valence-electron chi connectivity index (χ0n) is 11.8. The summed E-state index contributed by atoms with van der Waals surface area (Å²) in [5.41, 5.74) is 1.92. The number of rotatable bonds is 3. The summed E-state index contributed by atoms with van der Waals surface area (Å²) in [6.07, 6.45) is 4.99. The molecule has 2 aliphatic heterocycles. The highest BCUT2D eigenvalue weighted by Crippen LogP contribution is 2.29. The van der Waals surface area contributed by atoms with Gasteiger partial charge in [-0.3, -0.25) is 10.1 Å². The molecule has 108 valence electrons. The molecule has 2 heterocycles. The van der Waals surface area contributed by atoms with Crippen LogP contribution in [0.15, 0.2) is 18.2 Å². The van der Waals surface area contributed by atoms with Gasteiger partial charge in [-0.05, 0) is 51.3 Å². The fraction of sp³-hybridized carbons (Fsp3) is 0.600. The quantitative estimate of drug-likeness (QED) is 0.680.